The molecule has 0 saturated heterocycles. The van der Waals surface area contributed by atoms with Gasteiger partial charge in [-0.3, -0.25) is 4.79 Å². The second-order valence-corrected chi connectivity index (χ2v) is 8.73. The molecular weight excluding hydrogens is 422 g/mol. The smallest absolute Gasteiger partial charge is 0.220 e. The van der Waals surface area contributed by atoms with Crippen LogP contribution in [0.4, 0.5) is 0 Å². The molecule has 0 radical (unpaired) electrons. The molecule has 0 aliphatic rings. The third-order valence-electron chi connectivity index (χ3n) is 5.54. The van der Waals surface area contributed by atoms with Crippen LogP contribution < -0.4 is 5.32 Å². The van der Waals surface area contributed by atoms with Crippen LogP contribution in [0.25, 0.3) is 0 Å². The summed E-state index contributed by atoms with van der Waals surface area (Å²) in [5.41, 5.74) is 0. The summed E-state index contributed by atoms with van der Waals surface area (Å²) in [6, 6.07) is -0.563. The van der Waals surface area contributed by atoms with Crippen molar-refractivity contribution in [3.8, 4) is 0 Å². The van der Waals surface area contributed by atoms with E-state index in [0.29, 0.717) is 12.8 Å². The largest absolute Gasteiger partial charge is 0.394 e. The number of carbonyl (C=O) groups is 1. The Kier molecular flexibility index (Phi) is 24.3. The first-order valence-electron chi connectivity index (χ1n) is 13.5. The maximum Gasteiger partial charge on any atom is 0.220 e. The van der Waals surface area contributed by atoms with Gasteiger partial charge in [0, 0.05) is 6.42 Å². The number of allylic oxidation sites excluding steroid dienone is 10. The summed E-state index contributed by atoms with van der Waals surface area (Å²) in [5, 5.41) is 22.5. The van der Waals surface area contributed by atoms with E-state index in [1.165, 1.54) is 19.3 Å². The standard InChI is InChI=1S/C30H51NO3/c1-3-5-7-9-10-11-12-13-14-15-16-17-18-19-20-22-24-26-30(34)31-28(27-32)29(33)25-23-21-8-6-4-2/h5,7,10-11,13-14,16-17,19-20,28-29,32-33H,3-4,6,8-9,12,15,18,21-27H2,1-2H3,(H,31,34)/b7-5-,11-10-,14-13-,17-16-,20-19-. The Bertz CT molecular complexity index is 604. The molecule has 4 nitrogen and oxygen atoms in total. The van der Waals surface area contributed by atoms with E-state index in [-0.39, 0.29) is 12.5 Å². The molecule has 0 aromatic rings. The van der Waals surface area contributed by atoms with Crippen molar-refractivity contribution in [2.75, 3.05) is 6.61 Å². The number of unbranched alkanes of at least 4 members (excludes halogenated alkanes) is 5. The lowest BCUT2D eigenvalue weighted by Gasteiger charge is -2.22. The Hall–Kier alpha value is -1.91. The van der Waals surface area contributed by atoms with Crippen molar-refractivity contribution in [2.24, 2.45) is 0 Å². The van der Waals surface area contributed by atoms with Crippen LogP contribution >= 0.6 is 0 Å². The van der Waals surface area contributed by atoms with E-state index < -0.39 is 12.1 Å². The Labute approximate surface area is 209 Å². The lowest BCUT2D eigenvalue weighted by Crippen LogP contribution is -2.45. The van der Waals surface area contributed by atoms with Gasteiger partial charge in [-0.25, -0.2) is 0 Å². The predicted molar refractivity (Wildman–Crippen MR) is 147 cm³/mol. The number of aliphatic hydroxyl groups excluding tert-OH is 2. The minimum absolute atomic E-state index is 0.101. The molecule has 0 heterocycles. The SMILES string of the molecule is CC/C=C\C/C=C\C/C=C\C/C=C\C/C=C\CCCC(=O)NC(CO)C(O)CCCCCCC. The van der Waals surface area contributed by atoms with Gasteiger partial charge in [-0.1, -0.05) is 107 Å². The number of rotatable bonds is 22. The van der Waals surface area contributed by atoms with Gasteiger partial charge in [-0.2, -0.15) is 0 Å². The van der Waals surface area contributed by atoms with Crippen molar-refractivity contribution in [1.82, 2.24) is 5.32 Å². The molecule has 0 aromatic carbocycles. The van der Waals surface area contributed by atoms with E-state index in [4.69, 9.17) is 0 Å². The van der Waals surface area contributed by atoms with Crippen LogP contribution in [-0.4, -0.2) is 34.9 Å². The molecule has 0 aliphatic heterocycles. The van der Waals surface area contributed by atoms with E-state index in [0.717, 1.165) is 57.8 Å². The molecule has 0 saturated carbocycles. The summed E-state index contributed by atoms with van der Waals surface area (Å²) in [6.07, 6.45) is 34.3. The van der Waals surface area contributed by atoms with Crippen LogP contribution in [0, 0.1) is 0 Å². The molecule has 4 heteroatoms. The normalized spacial score (nSPS) is 14.4. The number of aliphatic hydroxyl groups is 2. The highest BCUT2D eigenvalue weighted by molar-refractivity contribution is 5.76. The minimum Gasteiger partial charge on any atom is -0.394 e. The van der Waals surface area contributed by atoms with Gasteiger partial charge in [0.1, 0.15) is 0 Å². The van der Waals surface area contributed by atoms with Crippen LogP contribution in [-0.2, 0) is 4.79 Å². The first-order chi connectivity index (χ1) is 16.7. The molecule has 0 aliphatic carbocycles. The maximum absolute atomic E-state index is 12.1. The zero-order valence-electron chi connectivity index (χ0n) is 21.8. The van der Waals surface area contributed by atoms with Crippen molar-refractivity contribution < 1.29 is 15.0 Å². The number of nitrogens with one attached hydrogen (secondary N) is 1. The minimum atomic E-state index is -0.679. The monoisotopic (exact) mass is 473 g/mol. The number of hydrogen-bond donors (Lipinski definition) is 3. The van der Waals surface area contributed by atoms with Gasteiger partial charge in [-0.05, 0) is 51.4 Å². The quantitative estimate of drug-likeness (QED) is 0.116. The van der Waals surface area contributed by atoms with Crippen molar-refractivity contribution >= 4 is 5.91 Å². The van der Waals surface area contributed by atoms with Gasteiger partial charge < -0.3 is 15.5 Å². The molecule has 0 spiro atoms. The summed E-state index contributed by atoms with van der Waals surface area (Å²) in [7, 11) is 0. The van der Waals surface area contributed by atoms with Crippen molar-refractivity contribution in [2.45, 2.75) is 116 Å². The van der Waals surface area contributed by atoms with E-state index in [1.807, 2.05) is 0 Å². The topological polar surface area (TPSA) is 69.6 Å². The number of carbonyl (C=O) groups excluding carboxylic acids is 1. The first-order valence-corrected chi connectivity index (χ1v) is 13.5. The van der Waals surface area contributed by atoms with E-state index in [9.17, 15) is 15.0 Å². The average molecular weight is 474 g/mol. The fourth-order valence-electron chi connectivity index (χ4n) is 3.45. The van der Waals surface area contributed by atoms with Crippen LogP contribution in [0.1, 0.15) is 104 Å². The predicted octanol–water partition coefficient (Wildman–Crippen LogP) is 7.11. The number of amides is 1. The molecule has 0 aromatic heterocycles. The summed E-state index contributed by atoms with van der Waals surface area (Å²) in [6.45, 7) is 4.10. The van der Waals surface area contributed by atoms with Crippen molar-refractivity contribution in [1.29, 1.82) is 0 Å². The van der Waals surface area contributed by atoms with Gasteiger partial charge in [-0.15, -0.1) is 0 Å². The molecule has 194 valence electrons. The van der Waals surface area contributed by atoms with Gasteiger partial charge in [0.25, 0.3) is 0 Å². The third-order valence-corrected chi connectivity index (χ3v) is 5.54. The molecule has 0 bridgehead atoms. The average Bonchev–Trinajstić information content (AvgIpc) is 2.84. The summed E-state index contributed by atoms with van der Waals surface area (Å²) in [4.78, 5) is 12.1. The Balaban J connectivity index is 3.80. The molecular formula is C30H51NO3. The van der Waals surface area contributed by atoms with E-state index in [1.54, 1.807) is 0 Å². The molecule has 2 unspecified atom stereocenters. The zero-order chi connectivity index (χ0) is 25.1. The lowest BCUT2D eigenvalue weighted by atomic mass is 10.0. The lowest BCUT2D eigenvalue weighted by molar-refractivity contribution is -0.123. The van der Waals surface area contributed by atoms with E-state index >= 15 is 0 Å². The highest BCUT2D eigenvalue weighted by atomic mass is 16.3. The van der Waals surface area contributed by atoms with Crippen LogP contribution in [0.2, 0.25) is 0 Å². The van der Waals surface area contributed by atoms with Crippen LogP contribution in [0.5, 0.6) is 0 Å². The highest BCUT2D eigenvalue weighted by Gasteiger charge is 2.19. The molecule has 0 rings (SSSR count). The van der Waals surface area contributed by atoms with Crippen LogP contribution in [0.15, 0.2) is 60.8 Å². The second-order valence-electron chi connectivity index (χ2n) is 8.73. The summed E-state index contributed by atoms with van der Waals surface area (Å²) in [5.74, 6) is -0.101. The molecule has 2 atom stereocenters. The zero-order valence-corrected chi connectivity index (χ0v) is 21.8. The Morgan fingerprint density at radius 3 is 1.79 bits per heavy atom. The third kappa shape index (κ3) is 21.9. The number of hydrogen-bond acceptors (Lipinski definition) is 3. The van der Waals surface area contributed by atoms with Crippen LogP contribution in [0.3, 0.4) is 0 Å². The van der Waals surface area contributed by atoms with Crippen molar-refractivity contribution in [3.63, 3.8) is 0 Å². The molecule has 34 heavy (non-hydrogen) atoms. The van der Waals surface area contributed by atoms with Gasteiger partial charge >= 0.3 is 0 Å². The van der Waals surface area contributed by atoms with Crippen molar-refractivity contribution in [3.05, 3.63) is 60.8 Å². The fourth-order valence-corrected chi connectivity index (χ4v) is 3.45. The first kappa shape index (κ1) is 32.1. The van der Waals surface area contributed by atoms with Gasteiger partial charge in [0.05, 0.1) is 18.8 Å². The second kappa shape index (κ2) is 25.7. The molecule has 3 N–H and O–H groups in total. The van der Waals surface area contributed by atoms with Gasteiger partial charge in [0.15, 0.2) is 0 Å². The Morgan fingerprint density at radius 2 is 1.26 bits per heavy atom. The highest BCUT2D eigenvalue weighted by Crippen LogP contribution is 2.10. The molecule has 0 fully saturated rings. The summed E-state index contributed by atoms with van der Waals surface area (Å²) < 4.78 is 0. The molecule has 1 amide bonds. The summed E-state index contributed by atoms with van der Waals surface area (Å²) >= 11 is 0. The van der Waals surface area contributed by atoms with E-state index in [2.05, 4.69) is 79.9 Å². The Morgan fingerprint density at radius 1 is 0.735 bits per heavy atom. The maximum atomic E-state index is 12.1. The van der Waals surface area contributed by atoms with Gasteiger partial charge in [0.2, 0.25) is 5.91 Å². The fraction of sp³-hybridized carbons (Fsp3) is 0.633.